The zero-order valence-electron chi connectivity index (χ0n) is 16.0. The van der Waals surface area contributed by atoms with Crippen molar-refractivity contribution in [1.29, 1.82) is 0 Å². The number of hydrogen-bond donors (Lipinski definition) is 1. The van der Waals surface area contributed by atoms with E-state index in [1.165, 1.54) is 4.31 Å². The van der Waals surface area contributed by atoms with Crippen LogP contribution in [-0.2, 0) is 23.0 Å². The van der Waals surface area contributed by atoms with Crippen molar-refractivity contribution in [2.75, 3.05) is 33.3 Å². The van der Waals surface area contributed by atoms with E-state index in [4.69, 9.17) is 4.74 Å². The molecule has 6 nitrogen and oxygen atoms in total. The van der Waals surface area contributed by atoms with Gasteiger partial charge in [0.2, 0.25) is 10.0 Å². The number of ether oxygens (including phenoxy) is 1. The van der Waals surface area contributed by atoms with E-state index in [9.17, 15) is 13.5 Å². The number of benzene rings is 2. The molecule has 1 heterocycles. The van der Waals surface area contributed by atoms with E-state index in [1.807, 2.05) is 12.1 Å². The SMILES string of the molecule is C=CCc1cc(OC)cc(CN2CCN(S(=O)(=O)c3ccccc3)CC2)c1O. The van der Waals surface area contributed by atoms with Crippen molar-refractivity contribution in [1.82, 2.24) is 9.21 Å². The van der Waals surface area contributed by atoms with Gasteiger partial charge >= 0.3 is 0 Å². The lowest BCUT2D eigenvalue weighted by Gasteiger charge is -2.34. The fourth-order valence-electron chi connectivity index (χ4n) is 3.39. The Hall–Kier alpha value is -2.35. The number of methoxy groups -OCH3 is 1. The van der Waals surface area contributed by atoms with Crippen LogP contribution in [0.2, 0.25) is 0 Å². The van der Waals surface area contributed by atoms with Crippen molar-refractivity contribution in [3.63, 3.8) is 0 Å². The standard InChI is InChI=1S/C21H26N2O4S/c1-3-7-17-14-19(27-2)15-18(21(17)24)16-22-10-12-23(13-11-22)28(25,26)20-8-5-4-6-9-20/h3-6,8-9,14-15,24H,1,7,10-13,16H2,2H3. The van der Waals surface area contributed by atoms with Crippen LogP contribution in [0.5, 0.6) is 11.5 Å². The van der Waals surface area contributed by atoms with Crippen molar-refractivity contribution in [2.24, 2.45) is 0 Å². The normalized spacial score (nSPS) is 16.0. The average Bonchev–Trinajstić information content (AvgIpc) is 2.72. The Morgan fingerprint density at radius 3 is 2.36 bits per heavy atom. The van der Waals surface area contributed by atoms with E-state index in [1.54, 1.807) is 43.5 Å². The van der Waals surface area contributed by atoms with Gasteiger partial charge < -0.3 is 9.84 Å². The highest BCUT2D eigenvalue weighted by Crippen LogP contribution is 2.30. The molecule has 1 N–H and O–H groups in total. The number of nitrogens with zero attached hydrogens (tertiary/aromatic N) is 2. The van der Waals surface area contributed by atoms with Gasteiger partial charge in [0.05, 0.1) is 12.0 Å². The zero-order chi connectivity index (χ0) is 20.1. The molecule has 28 heavy (non-hydrogen) atoms. The number of hydrogen-bond acceptors (Lipinski definition) is 5. The van der Waals surface area contributed by atoms with Gasteiger partial charge in [-0.15, -0.1) is 6.58 Å². The van der Waals surface area contributed by atoms with Crippen LogP contribution >= 0.6 is 0 Å². The van der Waals surface area contributed by atoms with Gasteiger partial charge in [-0.25, -0.2) is 8.42 Å². The molecule has 0 radical (unpaired) electrons. The van der Waals surface area contributed by atoms with Crippen molar-refractivity contribution in [3.05, 3.63) is 66.2 Å². The van der Waals surface area contributed by atoms with E-state index < -0.39 is 10.0 Å². The lowest BCUT2D eigenvalue weighted by Crippen LogP contribution is -2.48. The summed E-state index contributed by atoms with van der Waals surface area (Å²) in [5.41, 5.74) is 1.55. The molecule has 1 saturated heterocycles. The second kappa shape index (κ2) is 8.77. The summed E-state index contributed by atoms with van der Waals surface area (Å²) in [6.45, 7) is 6.29. The Morgan fingerprint density at radius 1 is 1.11 bits per heavy atom. The Kier molecular flexibility index (Phi) is 6.39. The van der Waals surface area contributed by atoms with Crippen molar-refractivity contribution in [3.8, 4) is 11.5 Å². The third kappa shape index (κ3) is 4.38. The van der Waals surface area contributed by atoms with E-state index in [2.05, 4.69) is 11.5 Å². The number of phenols is 1. The smallest absolute Gasteiger partial charge is 0.243 e. The van der Waals surface area contributed by atoms with Gasteiger partial charge in [0, 0.05) is 43.9 Å². The molecule has 7 heteroatoms. The third-order valence-corrected chi connectivity index (χ3v) is 6.86. The fourth-order valence-corrected chi connectivity index (χ4v) is 4.83. The first-order valence-corrected chi connectivity index (χ1v) is 10.7. The molecule has 0 bridgehead atoms. The van der Waals surface area contributed by atoms with Crippen LogP contribution in [0.1, 0.15) is 11.1 Å². The molecule has 0 unspecified atom stereocenters. The van der Waals surface area contributed by atoms with Crippen LogP contribution in [0.3, 0.4) is 0 Å². The largest absolute Gasteiger partial charge is 0.507 e. The summed E-state index contributed by atoms with van der Waals surface area (Å²) < 4.78 is 32.4. The molecule has 0 aromatic heterocycles. The third-order valence-electron chi connectivity index (χ3n) is 4.95. The summed E-state index contributed by atoms with van der Waals surface area (Å²) in [6.07, 6.45) is 2.30. The second-order valence-corrected chi connectivity index (χ2v) is 8.72. The summed E-state index contributed by atoms with van der Waals surface area (Å²) >= 11 is 0. The van der Waals surface area contributed by atoms with Gasteiger partial charge in [-0.05, 0) is 30.7 Å². The van der Waals surface area contributed by atoms with Crippen LogP contribution in [0.15, 0.2) is 60.0 Å². The number of piperazine rings is 1. The van der Waals surface area contributed by atoms with Crippen LogP contribution in [0.25, 0.3) is 0 Å². The highest BCUT2D eigenvalue weighted by atomic mass is 32.2. The molecule has 0 spiro atoms. The van der Waals surface area contributed by atoms with Crippen molar-refractivity contribution >= 4 is 10.0 Å². The monoisotopic (exact) mass is 402 g/mol. The number of sulfonamides is 1. The number of phenolic OH excluding ortho intramolecular Hbond substituents is 1. The first-order chi connectivity index (χ1) is 13.5. The fraction of sp³-hybridized carbons (Fsp3) is 0.333. The maximum atomic E-state index is 12.7. The van der Waals surface area contributed by atoms with Gasteiger partial charge in [-0.2, -0.15) is 4.31 Å². The quantitative estimate of drug-likeness (QED) is 0.721. The molecular weight excluding hydrogens is 376 g/mol. The van der Waals surface area contributed by atoms with Crippen LogP contribution < -0.4 is 4.74 Å². The summed E-state index contributed by atoms with van der Waals surface area (Å²) in [7, 11) is -1.87. The molecule has 0 saturated carbocycles. The van der Waals surface area contributed by atoms with Gasteiger partial charge in [0.1, 0.15) is 11.5 Å². The minimum absolute atomic E-state index is 0.250. The molecule has 0 aliphatic carbocycles. The molecule has 150 valence electrons. The number of allylic oxidation sites excluding steroid dienone is 1. The van der Waals surface area contributed by atoms with Gasteiger partial charge in [0.25, 0.3) is 0 Å². The Morgan fingerprint density at radius 2 is 1.75 bits per heavy atom. The molecule has 0 amide bonds. The first kappa shape index (κ1) is 20.4. The second-order valence-electron chi connectivity index (χ2n) is 6.78. The molecule has 1 aliphatic heterocycles. The van der Waals surface area contributed by atoms with Gasteiger partial charge in [-0.1, -0.05) is 24.3 Å². The van der Waals surface area contributed by atoms with Crippen LogP contribution in [0.4, 0.5) is 0 Å². The summed E-state index contributed by atoms with van der Waals surface area (Å²) in [6, 6.07) is 12.2. The van der Waals surface area contributed by atoms with E-state index in [0.29, 0.717) is 49.8 Å². The van der Waals surface area contributed by atoms with E-state index >= 15 is 0 Å². The summed E-state index contributed by atoms with van der Waals surface area (Å²) in [4.78, 5) is 2.46. The lowest BCUT2D eigenvalue weighted by molar-refractivity contribution is 0.180. The molecular formula is C21H26N2O4S. The number of aromatic hydroxyl groups is 1. The molecule has 1 aliphatic rings. The zero-order valence-corrected chi connectivity index (χ0v) is 16.9. The minimum atomic E-state index is -3.47. The number of rotatable bonds is 7. The average molecular weight is 403 g/mol. The molecule has 1 fully saturated rings. The topological polar surface area (TPSA) is 70.1 Å². The predicted molar refractivity (Wildman–Crippen MR) is 109 cm³/mol. The van der Waals surface area contributed by atoms with Gasteiger partial charge in [0.15, 0.2) is 0 Å². The van der Waals surface area contributed by atoms with Crippen molar-refractivity contribution < 1.29 is 18.3 Å². The van der Waals surface area contributed by atoms with E-state index in [-0.39, 0.29) is 5.75 Å². The summed E-state index contributed by atoms with van der Waals surface area (Å²) in [5.74, 6) is 0.940. The predicted octanol–water partition coefficient (Wildman–Crippen LogP) is 2.64. The van der Waals surface area contributed by atoms with Crippen LogP contribution in [0, 0.1) is 0 Å². The minimum Gasteiger partial charge on any atom is -0.507 e. The Labute approximate surface area is 166 Å². The van der Waals surface area contributed by atoms with E-state index in [0.717, 1.165) is 11.1 Å². The molecule has 3 rings (SSSR count). The molecule has 2 aromatic rings. The van der Waals surface area contributed by atoms with Crippen LogP contribution in [-0.4, -0.2) is 56.0 Å². The maximum absolute atomic E-state index is 12.7. The maximum Gasteiger partial charge on any atom is 0.243 e. The highest BCUT2D eigenvalue weighted by molar-refractivity contribution is 7.89. The highest BCUT2D eigenvalue weighted by Gasteiger charge is 2.28. The van der Waals surface area contributed by atoms with Crippen molar-refractivity contribution in [2.45, 2.75) is 17.9 Å². The first-order valence-electron chi connectivity index (χ1n) is 9.23. The lowest BCUT2D eigenvalue weighted by atomic mass is 10.0. The Bertz CT molecular complexity index is 921. The summed E-state index contributed by atoms with van der Waals surface area (Å²) in [5, 5.41) is 10.6. The molecule has 0 atom stereocenters. The van der Waals surface area contributed by atoms with Gasteiger partial charge in [-0.3, -0.25) is 4.90 Å². The Balaban J connectivity index is 1.69. The molecule has 2 aromatic carbocycles.